The molecule has 1 saturated carbocycles. The Balaban J connectivity index is 1.38. The zero-order valence-corrected chi connectivity index (χ0v) is 11.8. The van der Waals surface area contributed by atoms with Crippen LogP contribution in [0.2, 0.25) is 0 Å². The quantitative estimate of drug-likeness (QED) is 0.625. The molecular weight excluding hydrogens is 236 g/mol. The molecule has 19 heavy (non-hydrogen) atoms. The van der Waals surface area contributed by atoms with E-state index in [1.165, 1.54) is 57.8 Å². The lowest BCUT2D eigenvalue weighted by Gasteiger charge is -2.08. The van der Waals surface area contributed by atoms with Gasteiger partial charge in [-0.05, 0) is 12.3 Å². The van der Waals surface area contributed by atoms with Gasteiger partial charge < -0.3 is 4.74 Å². The number of ether oxygens (including phenoxy) is 1. The molecule has 0 unspecified atom stereocenters. The summed E-state index contributed by atoms with van der Waals surface area (Å²) in [7, 11) is 0. The van der Waals surface area contributed by atoms with Gasteiger partial charge in [0.2, 0.25) is 0 Å². The molecule has 1 fully saturated rings. The van der Waals surface area contributed by atoms with Crippen LogP contribution in [0.1, 0.15) is 64.2 Å². The predicted octanol–water partition coefficient (Wildman–Crippen LogP) is 4.19. The van der Waals surface area contributed by atoms with Crippen LogP contribution in [-0.2, 0) is 0 Å². The van der Waals surface area contributed by atoms with Crippen molar-refractivity contribution in [3.05, 3.63) is 18.7 Å². The minimum atomic E-state index is 0.750. The molecule has 0 saturated heterocycles. The van der Waals surface area contributed by atoms with E-state index in [1.54, 1.807) is 12.4 Å². The van der Waals surface area contributed by atoms with Gasteiger partial charge in [-0.25, -0.2) is 9.97 Å². The monoisotopic (exact) mass is 261 g/mol. The number of aromatic nitrogens is 2. The maximum atomic E-state index is 5.55. The fourth-order valence-electron chi connectivity index (χ4n) is 2.88. The average Bonchev–Trinajstić information content (AvgIpc) is 2.96. The molecule has 0 amide bonds. The summed E-state index contributed by atoms with van der Waals surface area (Å²) < 4.78 is 5.55. The Morgan fingerprint density at radius 1 is 1.00 bits per heavy atom. The molecule has 105 valence electrons. The van der Waals surface area contributed by atoms with Crippen LogP contribution in [0.3, 0.4) is 0 Å². The van der Waals surface area contributed by atoms with Crippen molar-refractivity contribution in [2.45, 2.75) is 64.2 Å². The minimum absolute atomic E-state index is 0.750. The molecule has 1 heterocycles. The molecular formula is C16H25N2O. The molecule has 0 spiro atoms. The summed E-state index contributed by atoms with van der Waals surface area (Å²) in [5.74, 6) is 1.80. The van der Waals surface area contributed by atoms with Gasteiger partial charge in [0.05, 0.1) is 19.0 Å². The first-order chi connectivity index (χ1) is 9.45. The molecule has 1 aromatic rings. The smallest absolute Gasteiger partial charge is 0.197 e. The summed E-state index contributed by atoms with van der Waals surface area (Å²) in [5, 5.41) is 0. The SMILES string of the molecule is [c]1ncc(OCCCCCCCC2CCCC2)cn1. The number of nitrogens with zero attached hydrogens (tertiary/aromatic N) is 2. The second-order valence-electron chi connectivity index (χ2n) is 5.57. The van der Waals surface area contributed by atoms with Crippen LogP contribution in [-0.4, -0.2) is 16.6 Å². The van der Waals surface area contributed by atoms with Gasteiger partial charge in [0.1, 0.15) is 0 Å². The highest BCUT2D eigenvalue weighted by Gasteiger charge is 2.13. The third-order valence-electron chi connectivity index (χ3n) is 4.00. The third-order valence-corrected chi connectivity index (χ3v) is 4.00. The summed E-state index contributed by atoms with van der Waals surface area (Å²) in [6, 6.07) is 0. The van der Waals surface area contributed by atoms with Crippen molar-refractivity contribution in [3.8, 4) is 5.75 Å². The molecule has 1 aromatic heterocycles. The highest BCUT2D eigenvalue weighted by atomic mass is 16.5. The van der Waals surface area contributed by atoms with Gasteiger partial charge in [-0.15, -0.1) is 0 Å². The minimum Gasteiger partial charge on any atom is -0.490 e. The summed E-state index contributed by atoms with van der Waals surface area (Å²) in [5.41, 5.74) is 0. The van der Waals surface area contributed by atoms with Crippen LogP contribution >= 0.6 is 0 Å². The van der Waals surface area contributed by atoms with Gasteiger partial charge in [0.25, 0.3) is 0 Å². The lowest BCUT2D eigenvalue weighted by molar-refractivity contribution is 0.301. The van der Waals surface area contributed by atoms with E-state index in [1.807, 2.05) is 0 Å². The van der Waals surface area contributed by atoms with Crippen molar-refractivity contribution >= 4 is 0 Å². The standard InChI is InChI=1S/C16H25N2O/c1(2-4-8-15-9-5-6-10-15)3-7-11-19-16-12-17-14-18-13-16/h12-13,15H,1-11H2. The molecule has 3 heteroatoms. The fraction of sp³-hybridized carbons (Fsp3) is 0.750. The van der Waals surface area contributed by atoms with E-state index >= 15 is 0 Å². The number of hydrogen-bond donors (Lipinski definition) is 0. The van der Waals surface area contributed by atoms with Crippen LogP contribution < -0.4 is 4.74 Å². The highest BCUT2D eigenvalue weighted by molar-refractivity contribution is 5.09. The lowest BCUT2D eigenvalue weighted by atomic mass is 9.99. The van der Waals surface area contributed by atoms with Crippen LogP contribution in [0, 0.1) is 12.2 Å². The van der Waals surface area contributed by atoms with E-state index in [0.29, 0.717) is 0 Å². The molecule has 0 atom stereocenters. The summed E-state index contributed by atoms with van der Waals surface area (Å²) in [6.45, 7) is 0.774. The fourth-order valence-corrected chi connectivity index (χ4v) is 2.88. The van der Waals surface area contributed by atoms with Gasteiger partial charge in [-0.1, -0.05) is 57.8 Å². The maximum absolute atomic E-state index is 5.55. The third kappa shape index (κ3) is 6.04. The van der Waals surface area contributed by atoms with Gasteiger partial charge in [0.15, 0.2) is 12.1 Å². The van der Waals surface area contributed by atoms with E-state index in [2.05, 4.69) is 16.3 Å². The molecule has 1 aliphatic carbocycles. The van der Waals surface area contributed by atoms with Gasteiger partial charge in [-0.3, -0.25) is 0 Å². The zero-order valence-electron chi connectivity index (χ0n) is 11.8. The Morgan fingerprint density at radius 2 is 1.68 bits per heavy atom. The predicted molar refractivity (Wildman–Crippen MR) is 76.0 cm³/mol. The number of rotatable bonds is 9. The number of unbranched alkanes of at least 4 members (excludes halogenated alkanes) is 4. The topological polar surface area (TPSA) is 35.0 Å². The second kappa shape index (κ2) is 8.89. The Labute approximate surface area is 116 Å². The molecule has 0 aliphatic heterocycles. The van der Waals surface area contributed by atoms with E-state index < -0.39 is 0 Å². The average molecular weight is 261 g/mol. The lowest BCUT2D eigenvalue weighted by Crippen LogP contribution is -1.98. The van der Waals surface area contributed by atoms with Gasteiger partial charge in [-0.2, -0.15) is 0 Å². The first-order valence-electron chi connectivity index (χ1n) is 7.76. The van der Waals surface area contributed by atoms with Gasteiger partial charge in [0, 0.05) is 0 Å². The molecule has 1 aliphatic rings. The van der Waals surface area contributed by atoms with Crippen molar-refractivity contribution < 1.29 is 4.74 Å². The normalized spacial score (nSPS) is 15.8. The highest BCUT2D eigenvalue weighted by Crippen LogP contribution is 2.29. The molecule has 0 aromatic carbocycles. The first-order valence-corrected chi connectivity index (χ1v) is 7.76. The number of hydrogen-bond acceptors (Lipinski definition) is 3. The van der Waals surface area contributed by atoms with Crippen LogP contribution in [0.5, 0.6) is 5.75 Å². The van der Waals surface area contributed by atoms with Crippen molar-refractivity contribution in [3.63, 3.8) is 0 Å². The van der Waals surface area contributed by atoms with Crippen LogP contribution in [0.15, 0.2) is 12.4 Å². The van der Waals surface area contributed by atoms with Crippen molar-refractivity contribution in [2.75, 3.05) is 6.61 Å². The summed E-state index contributed by atoms with van der Waals surface area (Å²) in [4.78, 5) is 7.60. The van der Waals surface area contributed by atoms with E-state index in [0.717, 1.165) is 24.7 Å². The largest absolute Gasteiger partial charge is 0.490 e. The molecule has 3 nitrogen and oxygen atoms in total. The Morgan fingerprint density at radius 3 is 2.47 bits per heavy atom. The molecule has 0 bridgehead atoms. The van der Waals surface area contributed by atoms with Crippen molar-refractivity contribution in [2.24, 2.45) is 5.92 Å². The Hall–Kier alpha value is -1.12. The Kier molecular flexibility index (Phi) is 6.69. The maximum Gasteiger partial charge on any atom is 0.197 e. The first kappa shape index (κ1) is 14.3. The van der Waals surface area contributed by atoms with E-state index in [-0.39, 0.29) is 0 Å². The van der Waals surface area contributed by atoms with Crippen molar-refractivity contribution in [1.29, 1.82) is 0 Å². The van der Waals surface area contributed by atoms with Crippen LogP contribution in [0.25, 0.3) is 0 Å². The van der Waals surface area contributed by atoms with Gasteiger partial charge >= 0.3 is 0 Å². The van der Waals surface area contributed by atoms with E-state index in [4.69, 9.17) is 4.74 Å². The molecule has 0 N–H and O–H groups in total. The van der Waals surface area contributed by atoms with Crippen molar-refractivity contribution in [1.82, 2.24) is 9.97 Å². The summed E-state index contributed by atoms with van der Waals surface area (Å²) in [6.07, 6.45) is 19.8. The summed E-state index contributed by atoms with van der Waals surface area (Å²) >= 11 is 0. The second-order valence-corrected chi connectivity index (χ2v) is 5.57. The zero-order chi connectivity index (χ0) is 13.2. The van der Waals surface area contributed by atoms with Crippen LogP contribution in [0.4, 0.5) is 0 Å². The Bertz CT molecular complexity index is 323. The molecule has 1 radical (unpaired) electrons. The molecule has 2 rings (SSSR count). The van der Waals surface area contributed by atoms with E-state index in [9.17, 15) is 0 Å².